The van der Waals surface area contributed by atoms with E-state index in [9.17, 15) is 4.79 Å². The fraction of sp³-hybridized carbons (Fsp3) is 0.318. The molecule has 29 heavy (non-hydrogen) atoms. The first-order valence-electron chi connectivity index (χ1n) is 10.0. The molecule has 7 nitrogen and oxygen atoms in total. The number of carbonyl (C=O) groups excluding carboxylic acids is 1. The normalized spacial score (nSPS) is 22.0. The molecule has 2 fully saturated rings. The molecule has 146 valence electrons. The number of carbonyl (C=O) groups is 1. The number of pyridine rings is 2. The molecule has 4 aromatic rings. The van der Waals surface area contributed by atoms with Crippen LogP contribution < -0.4 is 0 Å². The SMILES string of the molecule is CN1CC2CN(C(=O)c3cnn4ccc(-c5c[nH]c6ncccc56)cc34)CC2C1. The average Bonchev–Trinajstić information content (AvgIpc) is 3.48. The fourth-order valence-electron chi connectivity index (χ4n) is 5.07. The van der Waals surface area contributed by atoms with Crippen LogP contribution in [0.5, 0.6) is 0 Å². The Kier molecular flexibility index (Phi) is 3.55. The van der Waals surface area contributed by atoms with Gasteiger partial charge in [-0.15, -0.1) is 0 Å². The van der Waals surface area contributed by atoms with Gasteiger partial charge in [-0.1, -0.05) is 0 Å². The first-order chi connectivity index (χ1) is 14.2. The number of likely N-dealkylation sites (tertiary alicyclic amines) is 2. The minimum absolute atomic E-state index is 0.0924. The van der Waals surface area contributed by atoms with Gasteiger partial charge < -0.3 is 14.8 Å². The number of aromatic nitrogens is 4. The number of fused-ring (bicyclic) bond motifs is 3. The van der Waals surface area contributed by atoms with Gasteiger partial charge in [0.15, 0.2) is 0 Å². The van der Waals surface area contributed by atoms with Crippen molar-refractivity contribution in [2.45, 2.75) is 0 Å². The minimum Gasteiger partial charge on any atom is -0.346 e. The van der Waals surface area contributed by atoms with E-state index in [2.05, 4.69) is 39.1 Å². The summed E-state index contributed by atoms with van der Waals surface area (Å²) in [6, 6.07) is 8.08. The van der Waals surface area contributed by atoms with Gasteiger partial charge in [0.25, 0.3) is 5.91 Å². The van der Waals surface area contributed by atoms with Crippen molar-refractivity contribution in [3.05, 3.63) is 54.6 Å². The molecule has 2 saturated heterocycles. The zero-order valence-corrected chi connectivity index (χ0v) is 16.2. The predicted octanol–water partition coefficient (Wildman–Crippen LogP) is 2.51. The molecule has 2 aliphatic heterocycles. The maximum atomic E-state index is 13.3. The maximum absolute atomic E-state index is 13.3. The number of nitrogens with one attached hydrogen (secondary N) is 1. The Morgan fingerprint density at radius 3 is 2.83 bits per heavy atom. The summed E-state index contributed by atoms with van der Waals surface area (Å²) < 4.78 is 1.79. The van der Waals surface area contributed by atoms with Crippen molar-refractivity contribution < 1.29 is 4.79 Å². The number of hydrogen-bond acceptors (Lipinski definition) is 4. The third-order valence-corrected chi connectivity index (χ3v) is 6.47. The Morgan fingerprint density at radius 1 is 1.17 bits per heavy atom. The number of hydrogen-bond donors (Lipinski definition) is 1. The highest BCUT2D eigenvalue weighted by Gasteiger charge is 2.40. The lowest BCUT2D eigenvalue weighted by atomic mass is 10.0. The molecule has 4 aromatic heterocycles. The average molecular weight is 386 g/mol. The van der Waals surface area contributed by atoms with Crippen molar-refractivity contribution >= 4 is 22.5 Å². The molecular weight excluding hydrogens is 364 g/mol. The lowest BCUT2D eigenvalue weighted by Crippen LogP contribution is -2.32. The van der Waals surface area contributed by atoms with E-state index in [1.807, 2.05) is 29.4 Å². The van der Waals surface area contributed by atoms with E-state index in [4.69, 9.17) is 0 Å². The van der Waals surface area contributed by atoms with Crippen LogP contribution in [0.15, 0.2) is 49.1 Å². The van der Waals surface area contributed by atoms with Gasteiger partial charge in [0.2, 0.25) is 0 Å². The molecule has 6 rings (SSSR count). The van der Waals surface area contributed by atoms with E-state index in [1.54, 1.807) is 16.9 Å². The Morgan fingerprint density at radius 2 is 2.00 bits per heavy atom. The maximum Gasteiger partial charge on any atom is 0.257 e. The van der Waals surface area contributed by atoms with Gasteiger partial charge in [-0.05, 0) is 48.7 Å². The zero-order valence-electron chi connectivity index (χ0n) is 16.2. The van der Waals surface area contributed by atoms with Gasteiger partial charge in [-0.25, -0.2) is 9.50 Å². The van der Waals surface area contributed by atoms with Crippen molar-refractivity contribution in [3.8, 4) is 11.1 Å². The zero-order chi connectivity index (χ0) is 19.5. The molecule has 6 heterocycles. The summed E-state index contributed by atoms with van der Waals surface area (Å²) in [7, 11) is 2.16. The lowest BCUT2D eigenvalue weighted by Gasteiger charge is -2.19. The summed E-state index contributed by atoms with van der Waals surface area (Å²) in [5.74, 6) is 1.29. The fourth-order valence-corrected chi connectivity index (χ4v) is 5.07. The highest BCUT2D eigenvalue weighted by Crippen LogP contribution is 2.32. The van der Waals surface area contributed by atoms with E-state index in [-0.39, 0.29) is 5.91 Å². The summed E-state index contributed by atoms with van der Waals surface area (Å²) in [6.07, 6.45) is 7.38. The van der Waals surface area contributed by atoms with Gasteiger partial charge >= 0.3 is 0 Å². The number of H-pyrrole nitrogens is 1. The molecule has 1 amide bonds. The van der Waals surface area contributed by atoms with Gasteiger partial charge in [0, 0.05) is 55.7 Å². The molecule has 0 aromatic carbocycles. The largest absolute Gasteiger partial charge is 0.346 e. The Balaban J connectivity index is 1.37. The van der Waals surface area contributed by atoms with Crippen LogP contribution in [0.25, 0.3) is 27.7 Å². The number of rotatable bonds is 2. The summed E-state index contributed by atoms with van der Waals surface area (Å²) in [6.45, 7) is 3.86. The topological polar surface area (TPSA) is 69.5 Å². The summed E-state index contributed by atoms with van der Waals surface area (Å²) in [4.78, 5) is 25.3. The highest BCUT2D eigenvalue weighted by molar-refractivity contribution is 6.02. The van der Waals surface area contributed by atoms with Crippen LogP contribution in [0.1, 0.15) is 10.4 Å². The third-order valence-electron chi connectivity index (χ3n) is 6.47. The first kappa shape index (κ1) is 16.7. The second-order valence-electron chi connectivity index (χ2n) is 8.36. The summed E-state index contributed by atoms with van der Waals surface area (Å²) in [5, 5.41) is 5.49. The standard InChI is InChI=1S/C22H22N6O/c1-26-10-15-12-27(13-16(15)11-26)22(29)19-9-25-28-6-4-14(7-20(19)28)18-8-24-21-17(18)3-2-5-23-21/h2-9,15-16H,10-13H2,1H3,(H,23,24). The van der Waals surface area contributed by atoms with Crippen LogP contribution in [0.3, 0.4) is 0 Å². The molecule has 1 N–H and O–H groups in total. The van der Waals surface area contributed by atoms with Crippen molar-refractivity contribution in [2.75, 3.05) is 33.2 Å². The number of aromatic amines is 1. The number of amides is 1. The summed E-state index contributed by atoms with van der Waals surface area (Å²) in [5.41, 5.74) is 4.51. The third kappa shape index (κ3) is 2.57. The van der Waals surface area contributed by atoms with Gasteiger partial charge in [-0.2, -0.15) is 5.10 Å². The molecule has 0 spiro atoms. The second kappa shape index (κ2) is 6.15. The van der Waals surface area contributed by atoms with Crippen molar-refractivity contribution in [1.82, 2.24) is 29.4 Å². The van der Waals surface area contributed by atoms with Crippen LogP contribution in [-0.2, 0) is 0 Å². The molecule has 2 unspecified atom stereocenters. The van der Waals surface area contributed by atoms with Crippen molar-refractivity contribution in [2.24, 2.45) is 11.8 Å². The first-order valence-corrected chi connectivity index (χ1v) is 10.0. The minimum atomic E-state index is 0.0924. The molecule has 0 aliphatic carbocycles. The van der Waals surface area contributed by atoms with Gasteiger partial charge in [0.1, 0.15) is 5.65 Å². The van der Waals surface area contributed by atoms with Crippen LogP contribution >= 0.6 is 0 Å². The van der Waals surface area contributed by atoms with Crippen molar-refractivity contribution in [3.63, 3.8) is 0 Å². The second-order valence-corrected chi connectivity index (χ2v) is 8.36. The monoisotopic (exact) mass is 386 g/mol. The van der Waals surface area contributed by atoms with Crippen LogP contribution in [0, 0.1) is 11.8 Å². The molecule has 2 atom stereocenters. The molecule has 0 radical (unpaired) electrons. The Labute approximate surface area is 167 Å². The van der Waals surface area contributed by atoms with Crippen LogP contribution in [-0.4, -0.2) is 68.5 Å². The summed E-state index contributed by atoms with van der Waals surface area (Å²) >= 11 is 0. The van der Waals surface area contributed by atoms with E-state index in [0.29, 0.717) is 17.4 Å². The predicted molar refractivity (Wildman–Crippen MR) is 111 cm³/mol. The molecule has 7 heteroatoms. The van der Waals surface area contributed by atoms with Crippen molar-refractivity contribution in [1.29, 1.82) is 0 Å². The Bertz CT molecular complexity index is 1230. The molecule has 0 saturated carbocycles. The van der Waals surface area contributed by atoms with Gasteiger partial charge in [-0.3, -0.25) is 4.79 Å². The van der Waals surface area contributed by atoms with E-state index < -0.39 is 0 Å². The van der Waals surface area contributed by atoms with Crippen LogP contribution in [0.4, 0.5) is 0 Å². The van der Waals surface area contributed by atoms with E-state index in [1.165, 1.54) is 0 Å². The Hall–Kier alpha value is -3.19. The van der Waals surface area contributed by atoms with E-state index >= 15 is 0 Å². The van der Waals surface area contributed by atoms with Crippen LogP contribution in [0.2, 0.25) is 0 Å². The molecule has 2 aliphatic rings. The molecular formula is C22H22N6O. The quantitative estimate of drug-likeness (QED) is 0.575. The smallest absolute Gasteiger partial charge is 0.257 e. The molecule has 0 bridgehead atoms. The lowest BCUT2D eigenvalue weighted by molar-refractivity contribution is 0.0778. The highest BCUT2D eigenvalue weighted by atomic mass is 16.2. The van der Waals surface area contributed by atoms with E-state index in [0.717, 1.165) is 53.9 Å². The van der Waals surface area contributed by atoms with Gasteiger partial charge in [0.05, 0.1) is 17.3 Å². The number of nitrogens with zero attached hydrogens (tertiary/aromatic N) is 5.